The SMILES string of the molecule is CCNC(=NCc1ccccc1OCC(C)C)NC1CCN(C(=O)C(C)C)C1. The molecule has 0 radical (unpaired) electrons. The van der Waals surface area contributed by atoms with Gasteiger partial charge in [0.2, 0.25) is 5.91 Å². The van der Waals surface area contributed by atoms with E-state index in [1.807, 2.05) is 36.9 Å². The van der Waals surface area contributed by atoms with Gasteiger partial charge < -0.3 is 20.3 Å². The van der Waals surface area contributed by atoms with Crippen molar-refractivity contribution in [2.45, 2.75) is 53.6 Å². The first-order valence-electron chi connectivity index (χ1n) is 10.4. The summed E-state index contributed by atoms with van der Waals surface area (Å²) in [6, 6.07) is 8.29. The number of benzene rings is 1. The van der Waals surface area contributed by atoms with Crippen LogP contribution in [0, 0.1) is 11.8 Å². The van der Waals surface area contributed by atoms with Crippen molar-refractivity contribution in [2.24, 2.45) is 16.8 Å². The van der Waals surface area contributed by atoms with E-state index >= 15 is 0 Å². The minimum absolute atomic E-state index is 0.0444. The van der Waals surface area contributed by atoms with Crippen LogP contribution < -0.4 is 15.4 Å². The number of para-hydroxylation sites is 1. The van der Waals surface area contributed by atoms with E-state index in [0.717, 1.165) is 43.3 Å². The molecule has 1 aromatic carbocycles. The standard InChI is InChI=1S/C22H36N4O2/c1-6-23-22(25-19-11-12-26(14-19)21(27)17(4)5)24-13-18-9-7-8-10-20(18)28-15-16(2)3/h7-10,16-17,19H,6,11-15H2,1-5H3,(H2,23,24,25). The second kappa shape index (κ2) is 10.9. The van der Waals surface area contributed by atoms with Gasteiger partial charge in [0.1, 0.15) is 5.75 Å². The molecule has 1 atom stereocenters. The van der Waals surface area contributed by atoms with Crippen LogP contribution in [-0.2, 0) is 11.3 Å². The van der Waals surface area contributed by atoms with Gasteiger partial charge in [0.25, 0.3) is 0 Å². The molecule has 1 fully saturated rings. The maximum atomic E-state index is 12.2. The molecule has 1 aliphatic heterocycles. The van der Waals surface area contributed by atoms with E-state index in [9.17, 15) is 4.79 Å². The van der Waals surface area contributed by atoms with Crippen molar-refractivity contribution in [3.8, 4) is 5.75 Å². The van der Waals surface area contributed by atoms with Gasteiger partial charge in [0, 0.05) is 37.2 Å². The molecule has 156 valence electrons. The minimum Gasteiger partial charge on any atom is -0.493 e. The Balaban J connectivity index is 1.99. The van der Waals surface area contributed by atoms with Crippen LogP contribution in [0.2, 0.25) is 0 Å². The molecule has 2 rings (SSSR count). The Kier molecular flexibility index (Phi) is 8.61. The molecule has 6 nitrogen and oxygen atoms in total. The molecule has 1 unspecified atom stereocenters. The zero-order valence-corrected chi connectivity index (χ0v) is 18.0. The first-order valence-corrected chi connectivity index (χ1v) is 10.4. The number of ether oxygens (including phenoxy) is 1. The summed E-state index contributed by atoms with van der Waals surface area (Å²) in [5, 5.41) is 6.80. The van der Waals surface area contributed by atoms with E-state index in [4.69, 9.17) is 9.73 Å². The summed E-state index contributed by atoms with van der Waals surface area (Å²) in [6.45, 7) is 13.8. The van der Waals surface area contributed by atoms with E-state index in [-0.39, 0.29) is 17.9 Å². The lowest BCUT2D eigenvalue weighted by molar-refractivity contribution is -0.133. The van der Waals surface area contributed by atoms with Crippen LogP contribution in [0.3, 0.4) is 0 Å². The molecule has 6 heteroatoms. The number of guanidine groups is 1. The summed E-state index contributed by atoms with van der Waals surface area (Å²) in [5.74, 6) is 2.43. The zero-order chi connectivity index (χ0) is 20.5. The second-order valence-electron chi connectivity index (χ2n) is 8.08. The molecule has 1 heterocycles. The topological polar surface area (TPSA) is 66.0 Å². The Morgan fingerprint density at radius 2 is 2.04 bits per heavy atom. The van der Waals surface area contributed by atoms with E-state index in [0.29, 0.717) is 19.1 Å². The Hall–Kier alpha value is -2.24. The molecule has 0 saturated carbocycles. The molecule has 1 saturated heterocycles. The largest absolute Gasteiger partial charge is 0.493 e. The number of rotatable bonds is 8. The third-order valence-corrected chi connectivity index (χ3v) is 4.63. The summed E-state index contributed by atoms with van der Waals surface area (Å²) in [6.07, 6.45) is 0.941. The Morgan fingerprint density at radius 1 is 1.29 bits per heavy atom. The molecular weight excluding hydrogens is 352 g/mol. The number of aliphatic imine (C=N–C) groups is 1. The Morgan fingerprint density at radius 3 is 2.71 bits per heavy atom. The van der Waals surface area contributed by atoms with Crippen LogP contribution in [0.25, 0.3) is 0 Å². The monoisotopic (exact) mass is 388 g/mol. The van der Waals surface area contributed by atoms with Crippen molar-refractivity contribution in [1.82, 2.24) is 15.5 Å². The van der Waals surface area contributed by atoms with Gasteiger partial charge in [-0.1, -0.05) is 45.9 Å². The van der Waals surface area contributed by atoms with Crippen LogP contribution in [0.5, 0.6) is 5.75 Å². The fourth-order valence-electron chi connectivity index (χ4n) is 3.15. The second-order valence-corrected chi connectivity index (χ2v) is 8.08. The average molecular weight is 389 g/mol. The molecule has 1 amide bonds. The van der Waals surface area contributed by atoms with E-state index in [2.05, 4.69) is 37.5 Å². The lowest BCUT2D eigenvalue weighted by atomic mass is 10.2. The Bertz CT molecular complexity index is 658. The maximum absolute atomic E-state index is 12.2. The molecule has 2 N–H and O–H groups in total. The first kappa shape index (κ1) is 22.1. The number of likely N-dealkylation sites (tertiary alicyclic amines) is 1. The van der Waals surface area contributed by atoms with Crippen molar-refractivity contribution in [1.29, 1.82) is 0 Å². The predicted octanol–water partition coefficient (Wildman–Crippen LogP) is 3.03. The van der Waals surface area contributed by atoms with Crippen molar-refractivity contribution >= 4 is 11.9 Å². The molecule has 0 aromatic heterocycles. The van der Waals surface area contributed by atoms with Gasteiger partial charge in [0.05, 0.1) is 13.2 Å². The molecular formula is C22H36N4O2. The van der Waals surface area contributed by atoms with Crippen molar-refractivity contribution in [3.05, 3.63) is 29.8 Å². The highest BCUT2D eigenvalue weighted by molar-refractivity contribution is 5.81. The van der Waals surface area contributed by atoms with E-state index in [1.165, 1.54) is 0 Å². The number of carbonyl (C=O) groups excluding carboxylic acids is 1. The van der Waals surface area contributed by atoms with Gasteiger partial charge >= 0.3 is 0 Å². The summed E-state index contributed by atoms with van der Waals surface area (Å²) in [7, 11) is 0. The molecule has 0 bridgehead atoms. The van der Waals surface area contributed by atoms with Gasteiger partial charge in [-0.05, 0) is 25.3 Å². The summed E-state index contributed by atoms with van der Waals surface area (Å²) >= 11 is 0. The lowest BCUT2D eigenvalue weighted by Crippen LogP contribution is -2.45. The van der Waals surface area contributed by atoms with Crippen molar-refractivity contribution in [2.75, 3.05) is 26.2 Å². The van der Waals surface area contributed by atoms with Gasteiger partial charge in [-0.25, -0.2) is 4.99 Å². The molecule has 0 spiro atoms. The van der Waals surface area contributed by atoms with Gasteiger partial charge in [-0.15, -0.1) is 0 Å². The molecule has 1 aromatic rings. The summed E-state index contributed by atoms with van der Waals surface area (Å²) < 4.78 is 5.93. The quantitative estimate of drug-likeness (QED) is 0.531. The fraction of sp³-hybridized carbons (Fsp3) is 0.636. The van der Waals surface area contributed by atoms with Crippen molar-refractivity contribution < 1.29 is 9.53 Å². The zero-order valence-electron chi connectivity index (χ0n) is 18.0. The van der Waals surface area contributed by atoms with Crippen LogP contribution >= 0.6 is 0 Å². The maximum Gasteiger partial charge on any atom is 0.225 e. The Labute approximate surface area is 169 Å². The summed E-state index contributed by atoms with van der Waals surface area (Å²) in [5.41, 5.74) is 1.07. The third kappa shape index (κ3) is 6.73. The van der Waals surface area contributed by atoms with Gasteiger partial charge in [-0.2, -0.15) is 0 Å². The minimum atomic E-state index is 0.0444. The smallest absolute Gasteiger partial charge is 0.225 e. The lowest BCUT2D eigenvalue weighted by Gasteiger charge is -2.20. The number of amides is 1. The number of hydrogen-bond donors (Lipinski definition) is 2. The molecule has 28 heavy (non-hydrogen) atoms. The third-order valence-electron chi connectivity index (χ3n) is 4.63. The van der Waals surface area contributed by atoms with Gasteiger partial charge in [-0.3, -0.25) is 4.79 Å². The molecule has 0 aliphatic carbocycles. The van der Waals surface area contributed by atoms with Crippen LogP contribution in [0.15, 0.2) is 29.3 Å². The number of carbonyl (C=O) groups is 1. The van der Waals surface area contributed by atoms with Crippen LogP contribution in [-0.4, -0.2) is 49.0 Å². The highest BCUT2D eigenvalue weighted by Gasteiger charge is 2.27. The van der Waals surface area contributed by atoms with Crippen LogP contribution in [0.1, 0.15) is 46.6 Å². The molecule has 1 aliphatic rings. The van der Waals surface area contributed by atoms with Crippen LogP contribution in [0.4, 0.5) is 0 Å². The number of nitrogens with one attached hydrogen (secondary N) is 2. The van der Waals surface area contributed by atoms with E-state index < -0.39 is 0 Å². The average Bonchev–Trinajstić information content (AvgIpc) is 3.12. The van der Waals surface area contributed by atoms with Crippen molar-refractivity contribution in [3.63, 3.8) is 0 Å². The van der Waals surface area contributed by atoms with Gasteiger partial charge in [0.15, 0.2) is 5.96 Å². The highest BCUT2D eigenvalue weighted by atomic mass is 16.5. The normalized spacial score (nSPS) is 17.3. The van der Waals surface area contributed by atoms with E-state index in [1.54, 1.807) is 0 Å². The number of hydrogen-bond acceptors (Lipinski definition) is 3. The fourth-order valence-corrected chi connectivity index (χ4v) is 3.15. The predicted molar refractivity (Wildman–Crippen MR) is 115 cm³/mol. The number of nitrogens with zero attached hydrogens (tertiary/aromatic N) is 2. The highest BCUT2D eigenvalue weighted by Crippen LogP contribution is 2.20. The summed E-state index contributed by atoms with van der Waals surface area (Å²) in [4.78, 5) is 18.9. The first-order chi connectivity index (χ1) is 13.4.